The fourth-order valence-electron chi connectivity index (χ4n) is 3.63. The van der Waals surface area contributed by atoms with Crippen LogP contribution < -0.4 is 15.4 Å². The Morgan fingerprint density at radius 2 is 2.00 bits per heavy atom. The fraction of sp³-hybridized carbons (Fsp3) is 0.588. The molecule has 2 aliphatic rings. The van der Waals surface area contributed by atoms with Crippen LogP contribution in [0.5, 0.6) is 5.75 Å². The van der Waals surface area contributed by atoms with Gasteiger partial charge in [0.1, 0.15) is 5.75 Å². The minimum absolute atomic E-state index is 0. The number of carbonyl (C=O) groups excluding carboxylic acids is 1. The molecule has 7 heteroatoms. The summed E-state index contributed by atoms with van der Waals surface area (Å²) in [4.78, 5) is 12.5. The van der Waals surface area contributed by atoms with Gasteiger partial charge in [0.15, 0.2) is 0 Å². The van der Waals surface area contributed by atoms with Crippen molar-refractivity contribution in [1.82, 2.24) is 10.6 Å². The predicted molar refractivity (Wildman–Crippen MR) is 89.5 cm³/mol. The third kappa shape index (κ3) is 3.98. The molecule has 2 N–H and O–H groups in total. The lowest BCUT2D eigenvalue weighted by molar-refractivity contribution is -0.123. The topological polar surface area (TPSA) is 50.4 Å². The van der Waals surface area contributed by atoms with Gasteiger partial charge in [0.25, 0.3) is 0 Å². The van der Waals surface area contributed by atoms with E-state index in [1.807, 2.05) is 0 Å². The fourth-order valence-corrected chi connectivity index (χ4v) is 3.63. The zero-order valence-corrected chi connectivity index (χ0v) is 14.4. The molecule has 0 bridgehead atoms. The highest BCUT2D eigenvalue weighted by atomic mass is 35.5. The lowest BCUT2D eigenvalue weighted by Crippen LogP contribution is -2.34. The van der Waals surface area contributed by atoms with Crippen molar-refractivity contribution in [2.75, 3.05) is 13.1 Å². The summed E-state index contributed by atoms with van der Waals surface area (Å²) in [5, 5.41) is 6.27. The van der Waals surface area contributed by atoms with Crippen molar-refractivity contribution in [2.24, 2.45) is 11.3 Å². The monoisotopic (exact) mass is 360 g/mol. The Bertz CT molecular complexity index is 579. The Balaban J connectivity index is 0.00000208. The number of amides is 1. The van der Waals surface area contributed by atoms with Gasteiger partial charge in [-0.05, 0) is 50.8 Å². The average Bonchev–Trinajstić information content (AvgIpc) is 3.21. The van der Waals surface area contributed by atoms with Gasteiger partial charge < -0.3 is 15.4 Å². The highest BCUT2D eigenvalue weighted by Crippen LogP contribution is 2.58. The first kappa shape index (κ1) is 18.9. The van der Waals surface area contributed by atoms with E-state index in [4.69, 9.17) is 0 Å². The molecular formula is C17H23ClF2N2O2. The van der Waals surface area contributed by atoms with Crippen LogP contribution in [-0.4, -0.2) is 25.6 Å². The standard InChI is InChI=1S/C17H22F2N2O2.ClH/c1-11(12-4-2-3-5-14(12)23-16(18)19)21-15(22)13-10-17(13)6-8-20-9-7-17;/h2-5,11,13,16,20H,6-10H2,1H3,(H,21,22);1H. The summed E-state index contributed by atoms with van der Waals surface area (Å²) in [6, 6.07) is 6.23. The van der Waals surface area contributed by atoms with Crippen molar-refractivity contribution >= 4 is 18.3 Å². The highest BCUT2D eigenvalue weighted by molar-refractivity contribution is 5.85. The smallest absolute Gasteiger partial charge is 0.387 e. The first-order valence-corrected chi connectivity index (χ1v) is 8.07. The van der Waals surface area contributed by atoms with Crippen LogP contribution in [0.25, 0.3) is 0 Å². The van der Waals surface area contributed by atoms with Crippen LogP contribution in [-0.2, 0) is 4.79 Å². The van der Waals surface area contributed by atoms with E-state index in [2.05, 4.69) is 15.4 Å². The lowest BCUT2D eigenvalue weighted by atomic mass is 9.91. The highest BCUT2D eigenvalue weighted by Gasteiger charge is 2.57. The molecule has 4 nitrogen and oxygen atoms in total. The maximum Gasteiger partial charge on any atom is 0.387 e. The summed E-state index contributed by atoms with van der Waals surface area (Å²) in [6.45, 7) is 0.846. The number of rotatable bonds is 5. The second-order valence-corrected chi connectivity index (χ2v) is 6.52. The molecular weight excluding hydrogens is 338 g/mol. The largest absolute Gasteiger partial charge is 0.434 e. The molecule has 2 fully saturated rings. The van der Waals surface area contributed by atoms with Gasteiger partial charge in [-0.1, -0.05) is 18.2 Å². The van der Waals surface area contributed by atoms with Crippen molar-refractivity contribution in [3.63, 3.8) is 0 Å². The molecule has 1 saturated carbocycles. The number of hydrogen-bond acceptors (Lipinski definition) is 3. The molecule has 1 heterocycles. The number of piperidine rings is 1. The van der Waals surface area contributed by atoms with Gasteiger partial charge in [-0.2, -0.15) is 8.78 Å². The van der Waals surface area contributed by atoms with E-state index in [1.165, 1.54) is 6.07 Å². The first-order chi connectivity index (χ1) is 11.0. The summed E-state index contributed by atoms with van der Waals surface area (Å²) in [5.74, 6) is 0.184. The Morgan fingerprint density at radius 1 is 1.33 bits per heavy atom. The van der Waals surface area contributed by atoms with Gasteiger partial charge >= 0.3 is 6.61 Å². The van der Waals surface area contributed by atoms with E-state index >= 15 is 0 Å². The van der Waals surface area contributed by atoms with E-state index in [1.54, 1.807) is 25.1 Å². The SMILES string of the molecule is CC(NC(=O)C1CC12CCNCC2)c1ccccc1OC(F)F.Cl. The Labute approximate surface area is 146 Å². The van der Waals surface area contributed by atoms with Crippen LogP contribution in [0.1, 0.15) is 37.8 Å². The number of nitrogens with one attached hydrogen (secondary N) is 2. The van der Waals surface area contributed by atoms with Crippen LogP contribution in [0.4, 0.5) is 8.78 Å². The molecule has 1 aliphatic heterocycles. The zero-order chi connectivity index (χ0) is 16.4. The Hall–Kier alpha value is -1.40. The van der Waals surface area contributed by atoms with Gasteiger partial charge in [-0.15, -0.1) is 12.4 Å². The number of hydrogen-bond donors (Lipinski definition) is 2. The minimum atomic E-state index is -2.87. The molecule has 3 rings (SSSR count). The van der Waals surface area contributed by atoms with Gasteiger partial charge in [-0.25, -0.2) is 0 Å². The normalized spacial score (nSPS) is 22.6. The Morgan fingerprint density at radius 3 is 2.67 bits per heavy atom. The van der Waals surface area contributed by atoms with Crippen LogP contribution >= 0.6 is 12.4 Å². The zero-order valence-electron chi connectivity index (χ0n) is 13.6. The number of para-hydroxylation sites is 1. The van der Waals surface area contributed by atoms with Crippen molar-refractivity contribution in [1.29, 1.82) is 0 Å². The Kier molecular flexibility index (Phi) is 6.04. The van der Waals surface area contributed by atoms with Crippen molar-refractivity contribution < 1.29 is 18.3 Å². The van der Waals surface area contributed by atoms with Gasteiger partial charge in [0, 0.05) is 11.5 Å². The molecule has 1 aromatic rings. The van der Waals surface area contributed by atoms with E-state index in [-0.39, 0.29) is 41.4 Å². The van der Waals surface area contributed by atoms with Crippen LogP contribution in [0.3, 0.4) is 0 Å². The number of halogens is 3. The maximum absolute atomic E-state index is 12.5. The summed E-state index contributed by atoms with van der Waals surface area (Å²) < 4.78 is 29.5. The van der Waals surface area contributed by atoms with Crippen LogP contribution in [0.15, 0.2) is 24.3 Å². The number of benzene rings is 1. The van der Waals surface area contributed by atoms with E-state index < -0.39 is 6.61 Å². The molecule has 0 aromatic heterocycles. The molecule has 2 unspecified atom stereocenters. The molecule has 1 amide bonds. The predicted octanol–water partition coefficient (Wildman–Crippen LogP) is 3.28. The maximum atomic E-state index is 12.5. The molecule has 1 aromatic carbocycles. The van der Waals surface area contributed by atoms with Crippen molar-refractivity contribution in [3.05, 3.63) is 29.8 Å². The van der Waals surface area contributed by atoms with Gasteiger partial charge in [0.2, 0.25) is 5.91 Å². The summed E-state index contributed by atoms with van der Waals surface area (Å²) in [6.07, 6.45) is 3.00. The lowest BCUT2D eigenvalue weighted by Gasteiger charge is -2.24. The van der Waals surface area contributed by atoms with Gasteiger partial charge in [-0.3, -0.25) is 4.79 Å². The molecule has 1 saturated heterocycles. The molecule has 1 spiro atoms. The number of ether oxygens (including phenoxy) is 1. The van der Waals surface area contributed by atoms with E-state index in [0.717, 1.165) is 32.4 Å². The summed E-state index contributed by atoms with van der Waals surface area (Å²) >= 11 is 0. The molecule has 2 atom stereocenters. The van der Waals surface area contributed by atoms with Crippen molar-refractivity contribution in [3.8, 4) is 5.75 Å². The second-order valence-electron chi connectivity index (χ2n) is 6.52. The van der Waals surface area contributed by atoms with E-state index in [9.17, 15) is 13.6 Å². The molecule has 1 aliphatic carbocycles. The van der Waals surface area contributed by atoms with Gasteiger partial charge in [0.05, 0.1) is 6.04 Å². The third-order valence-electron chi connectivity index (χ3n) is 5.07. The number of carbonyl (C=O) groups is 1. The van der Waals surface area contributed by atoms with Crippen molar-refractivity contribution in [2.45, 2.75) is 38.8 Å². The van der Waals surface area contributed by atoms with Crippen LogP contribution in [0.2, 0.25) is 0 Å². The third-order valence-corrected chi connectivity index (χ3v) is 5.07. The van der Waals surface area contributed by atoms with E-state index in [0.29, 0.717) is 5.56 Å². The first-order valence-electron chi connectivity index (χ1n) is 8.07. The van der Waals surface area contributed by atoms with Crippen LogP contribution in [0, 0.1) is 11.3 Å². The second kappa shape index (κ2) is 7.66. The quantitative estimate of drug-likeness (QED) is 0.847. The minimum Gasteiger partial charge on any atom is -0.434 e. The molecule has 0 radical (unpaired) electrons. The summed E-state index contributed by atoms with van der Waals surface area (Å²) in [7, 11) is 0. The summed E-state index contributed by atoms with van der Waals surface area (Å²) in [5.41, 5.74) is 0.731. The molecule has 134 valence electrons. The average molecular weight is 361 g/mol. The number of alkyl halides is 2. The molecule has 24 heavy (non-hydrogen) atoms.